The molecule has 0 radical (unpaired) electrons. The molecule has 20 heavy (non-hydrogen) atoms. The average Bonchev–Trinajstić information content (AvgIpc) is 2.45. The van der Waals surface area contributed by atoms with Gasteiger partial charge in [0, 0.05) is 19.5 Å². The Kier molecular flexibility index (Phi) is 4.49. The Morgan fingerprint density at radius 2 is 2.15 bits per heavy atom. The molecule has 0 aromatic heterocycles. The molecule has 5 heteroatoms. The topological polar surface area (TPSA) is 64.8 Å². The number of nitrogens with zero attached hydrogens (tertiary/aromatic N) is 1. The van der Waals surface area contributed by atoms with E-state index in [2.05, 4.69) is 0 Å². The van der Waals surface area contributed by atoms with Crippen molar-refractivity contribution in [2.24, 2.45) is 11.7 Å². The van der Waals surface area contributed by atoms with Gasteiger partial charge in [-0.05, 0) is 36.9 Å². The van der Waals surface area contributed by atoms with Crippen LogP contribution in [0.15, 0.2) is 12.1 Å². The van der Waals surface area contributed by atoms with E-state index in [9.17, 15) is 4.79 Å². The van der Waals surface area contributed by atoms with E-state index in [1.165, 1.54) is 0 Å². The van der Waals surface area contributed by atoms with E-state index >= 15 is 0 Å². The number of methoxy groups -OCH3 is 2. The molecule has 0 fully saturated rings. The molecule has 0 saturated heterocycles. The summed E-state index contributed by atoms with van der Waals surface area (Å²) in [5.41, 5.74) is 7.61. The lowest BCUT2D eigenvalue weighted by molar-refractivity contribution is -0.116. The molecule has 1 aromatic carbocycles. The Labute approximate surface area is 119 Å². The molecule has 1 aliphatic heterocycles. The number of carbonyl (C=O) groups excluding carboxylic acids is 1. The molecule has 1 aromatic rings. The number of hydrogen-bond acceptors (Lipinski definition) is 4. The van der Waals surface area contributed by atoms with Crippen LogP contribution >= 0.6 is 0 Å². The summed E-state index contributed by atoms with van der Waals surface area (Å²) in [4.78, 5) is 13.7. The van der Waals surface area contributed by atoms with E-state index in [1.807, 2.05) is 12.1 Å². The highest BCUT2D eigenvalue weighted by molar-refractivity contribution is 5.95. The van der Waals surface area contributed by atoms with E-state index < -0.39 is 0 Å². The van der Waals surface area contributed by atoms with Crippen molar-refractivity contribution in [1.29, 1.82) is 0 Å². The summed E-state index contributed by atoms with van der Waals surface area (Å²) in [6.45, 7) is 2.91. The molecule has 1 heterocycles. The van der Waals surface area contributed by atoms with Crippen LogP contribution in [0.4, 0.5) is 5.69 Å². The Bertz CT molecular complexity index is 502. The van der Waals surface area contributed by atoms with Crippen LogP contribution in [0.1, 0.15) is 18.9 Å². The first kappa shape index (κ1) is 14.7. The van der Waals surface area contributed by atoms with E-state index in [1.54, 1.807) is 26.0 Å². The zero-order chi connectivity index (χ0) is 14.7. The average molecular weight is 278 g/mol. The van der Waals surface area contributed by atoms with Crippen molar-refractivity contribution in [1.82, 2.24) is 0 Å². The number of amides is 1. The van der Waals surface area contributed by atoms with Crippen LogP contribution in [-0.4, -0.2) is 33.2 Å². The van der Waals surface area contributed by atoms with E-state index in [-0.39, 0.29) is 5.91 Å². The van der Waals surface area contributed by atoms with Crippen molar-refractivity contribution in [3.05, 3.63) is 17.7 Å². The maximum atomic E-state index is 11.9. The summed E-state index contributed by atoms with van der Waals surface area (Å²) in [5, 5.41) is 0. The van der Waals surface area contributed by atoms with Crippen LogP contribution in [0, 0.1) is 5.92 Å². The molecular weight excluding hydrogens is 256 g/mol. The highest BCUT2D eigenvalue weighted by Crippen LogP contribution is 2.41. The third kappa shape index (κ3) is 2.72. The Morgan fingerprint density at radius 1 is 1.40 bits per heavy atom. The maximum Gasteiger partial charge on any atom is 0.223 e. The number of hydrogen-bond donors (Lipinski definition) is 1. The molecule has 2 rings (SSSR count). The first-order valence-electron chi connectivity index (χ1n) is 6.83. The predicted molar refractivity (Wildman–Crippen MR) is 78.4 cm³/mol. The number of rotatable bonds is 4. The number of fused-ring (bicyclic) bond motifs is 1. The van der Waals surface area contributed by atoms with Gasteiger partial charge in [0.25, 0.3) is 0 Å². The molecule has 5 nitrogen and oxygen atoms in total. The van der Waals surface area contributed by atoms with Gasteiger partial charge in [0.1, 0.15) is 11.5 Å². The lowest BCUT2D eigenvalue weighted by Crippen LogP contribution is -2.39. The SMILES string of the molecule is COc1cc2c(c(OC)c1)N(C(C)=O)CC(CCN)C2. The zero-order valence-corrected chi connectivity index (χ0v) is 12.3. The van der Waals surface area contributed by atoms with Gasteiger partial charge >= 0.3 is 0 Å². The van der Waals surface area contributed by atoms with Gasteiger partial charge in [-0.15, -0.1) is 0 Å². The summed E-state index contributed by atoms with van der Waals surface area (Å²) < 4.78 is 10.7. The standard InChI is InChI=1S/C15H22N2O3/c1-10(18)17-9-11(4-5-16)6-12-7-13(19-2)8-14(20-3)15(12)17/h7-8,11H,4-6,9,16H2,1-3H3. The predicted octanol–water partition coefficient (Wildman–Crippen LogP) is 1.58. The highest BCUT2D eigenvalue weighted by Gasteiger charge is 2.30. The van der Waals surface area contributed by atoms with Crippen LogP contribution < -0.4 is 20.1 Å². The minimum atomic E-state index is 0.0245. The number of benzene rings is 1. The van der Waals surface area contributed by atoms with Gasteiger partial charge in [0.05, 0.1) is 19.9 Å². The molecule has 0 spiro atoms. The Balaban J connectivity index is 2.49. The van der Waals surface area contributed by atoms with Gasteiger partial charge in [0.15, 0.2) is 0 Å². The Hall–Kier alpha value is -1.75. The van der Waals surface area contributed by atoms with Gasteiger partial charge < -0.3 is 20.1 Å². The normalized spacial score (nSPS) is 17.6. The second kappa shape index (κ2) is 6.13. The first-order valence-corrected chi connectivity index (χ1v) is 6.83. The summed E-state index contributed by atoms with van der Waals surface area (Å²) >= 11 is 0. The molecule has 0 saturated carbocycles. The second-order valence-corrected chi connectivity index (χ2v) is 5.11. The lowest BCUT2D eigenvalue weighted by atomic mass is 9.89. The van der Waals surface area contributed by atoms with Crippen LogP contribution in [0.2, 0.25) is 0 Å². The lowest BCUT2D eigenvalue weighted by Gasteiger charge is -2.35. The fourth-order valence-electron chi connectivity index (χ4n) is 2.81. The van der Waals surface area contributed by atoms with Crippen molar-refractivity contribution in [3.63, 3.8) is 0 Å². The number of carbonyl (C=O) groups is 1. The number of anilines is 1. The first-order chi connectivity index (χ1) is 9.60. The molecule has 0 aliphatic carbocycles. The third-order valence-corrected chi connectivity index (χ3v) is 3.76. The Morgan fingerprint density at radius 3 is 2.70 bits per heavy atom. The van der Waals surface area contributed by atoms with Crippen LogP contribution in [0.25, 0.3) is 0 Å². The van der Waals surface area contributed by atoms with Crippen molar-refractivity contribution in [3.8, 4) is 11.5 Å². The molecule has 1 aliphatic rings. The third-order valence-electron chi connectivity index (χ3n) is 3.76. The van der Waals surface area contributed by atoms with E-state index in [4.69, 9.17) is 15.2 Å². The van der Waals surface area contributed by atoms with Gasteiger partial charge in [-0.2, -0.15) is 0 Å². The monoisotopic (exact) mass is 278 g/mol. The minimum Gasteiger partial charge on any atom is -0.497 e. The minimum absolute atomic E-state index is 0.0245. The molecule has 1 unspecified atom stereocenters. The van der Waals surface area contributed by atoms with Crippen molar-refractivity contribution in [2.45, 2.75) is 19.8 Å². The summed E-state index contributed by atoms with van der Waals surface area (Å²) in [5.74, 6) is 1.84. The van der Waals surface area contributed by atoms with Crippen LogP contribution in [-0.2, 0) is 11.2 Å². The summed E-state index contributed by atoms with van der Waals surface area (Å²) in [6, 6.07) is 3.80. The van der Waals surface area contributed by atoms with E-state index in [0.717, 1.165) is 29.8 Å². The smallest absolute Gasteiger partial charge is 0.223 e. The largest absolute Gasteiger partial charge is 0.497 e. The van der Waals surface area contributed by atoms with Crippen molar-refractivity contribution < 1.29 is 14.3 Å². The van der Waals surface area contributed by atoms with Crippen molar-refractivity contribution >= 4 is 11.6 Å². The summed E-state index contributed by atoms with van der Waals surface area (Å²) in [7, 11) is 3.24. The van der Waals surface area contributed by atoms with Gasteiger partial charge in [-0.1, -0.05) is 0 Å². The fraction of sp³-hybridized carbons (Fsp3) is 0.533. The van der Waals surface area contributed by atoms with Gasteiger partial charge in [-0.25, -0.2) is 0 Å². The molecule has 110 valence electrons. The maximum absolute atomic E-state index is 11.9. The highest BCUT2D eigenvalue weighted by atomic mass is 16.5. The van der Waals surface area contributed by atoms with Crippen LogP contribution in [0.5, 0.6) is 11.5 Å². The van der Waals surface area contributed by atoms with Gasteiger partial charge in [-0.3, -0.25) is 4.79 Å². The number of ether oxygens (including phenoxy) is 2. The summed E-state index contributed by atoms with van der Waals surface area (Å²) in [6.07, 6.45) is 1.80. The van der Waals surface area contributed by atoms with Crippen molar-refractivity contribution in [2.75, 3.05) is 32.2 Å². The van der Waals surface area contributed by atoms with E-state index in [0.29, 0.717) is 24.8 Å². The molecule has 0 bridgehead atoms. The molecule has 1 atom stereocenters. The fourth-order valence-corrected chi connectivity index (χ4v) is 2.81. The molecule has 1 amide bonds. The number of nitrogens with two attached hydrogens (primary N) is 1. The molecular formula is C15H22N2O3. The second-order valence-electron chi connectivity index (χ2n) is 5.11. The molecule has 2 N–H and O–H groups in total. The quantitative estimate of drug-likeness (QED) is 0.908. The zero-order valence-electron chi connectivity index (χ0n) is 12.3. The van der Waals surface area contributed by atoms with Gasteiger partial charge in [0.2, 0.25) is 5.91 Å². The van der Waals surface area contributed by atoms with Crippen LogP contribution in [0.3, 0.4) is 0 Å².